The lowest BCUT2D eigenvalue weighted by Gasteiger charge is -2.23. The van der Waals surface area contributed by atoms with Gasteiger partial charge in [-0.2, -0.15) is 0 Å². The highest BCUT2D eigenvalue weighted by molar-refractivity contribution is 5.69. The molecule has 124 valence electrons. The molecular formula is C18H34O3. The van der Waals surface area contributed by atoms with Gasteiger partial charge in [0, 0.05) is 0 Å². The molecule has 0 spiro atoms. The standard InChI is InChI=1S/C18H34O3/c1-5-6-7-10-15(2)11-8-13-18(4,21)14-9-12-16(3)17(19)20/h10,16,21H,5-9,11-14H2,1-4H3,(H,19,20)/b15-10+. The topological polar surface area (TPSA) is 57.5 Å². The zero-order valence-electron chi connectivity index (χ0n) is 14.3. The molecule has 0 amide bonds. The molecule has 21 heavy (non-hydrogen) atoms. The monoisotopic (exact) mass is 298 g/mol. The van der Waals surface area contributed by atoms with Crippen molar-refractivity contribution < 1.29 is 15.0 Å². The first-order chi connectivity index (χ1) is 9.78. The van der Waals surface area contributed by atoms with Crippen molar-refractivity contribution in [3.8, 4) is 0 Å². The van der Waals surface area contributed by atoms with E-state index in [2.05, 4.69) is 19.9 Å². The molecule has 0 saturated heterocycles. The highest BCUT2D eigenvalue weighted by atomic mass is 16.4. The summed E-state index contributed by atoms with van der Waals surface area (Å²) >= 11 is 0. The van der Waals surface area contributed by atoms with Crippen molar-refractivity contribution in [2.45, 2.75) is 91.1 Å². The molecule has 0 fully saturated rings. The molecule has 0 aliphatic rings. The molecule has 3 nitrogen and oxygen atoms in total. The minimum absolute atomic E-state index is 0.315. The Morgan fingerprint density at radius 2 is 1.86 bits per heavy atom. The number of allylic oxidation sites excluding steroid dienone is 2. The first kappa shape index (κ1) is 20.2. The second-order valence-electron chi connectivity index (χ2n) is 6.67. The van der Waals surface area contributed by atoms with Gasteiger partial charge in [-0.3, -0.25) is 4.79 Å². The lowest BCUT2D eigenvalue weighted by Crippen LogP contribution is -2.24. The van der Waals surface area contributed by atoms with Crippen LogP contribution in [0.25, 0.3) is 0 Å². The maximum atomic E-state index is 10.7. The van der Waals surface area contributed by atoms with Crippen molar-refractivity contribution >= 4 is 5.97 Å². The SMILES string of the molecule is CCCC/C=C(\C)CCCC(C)(O)CCCC(C)C(=O)O. The highest BCUT2D eigenvalue weighted by Gasteiger charge is 2.20. The molecule has 0 aromatic heterocycles. The van der Waals surface area contributed by atoms with Gasteiger partial charge in [-0.15, -0.1) is 0 Å². The normalized spacial score (nSPS) is 16.5. The Balaban J connectivity index is 3.86. The van der Waals surface area contributed by atoms with Crippen LogP contribution in [-0.2, 0) is 4.79 Å². The second-order valence-corrected chi connectivity index (χ2v) is 6.67. The smallest absolute Gasteiger partial charge is 0.306 e. The van der Waals surface area contributed by atoms with E-state index < -0.39 is 11.6 Å². The van der Waals surface area contributed by atoms with Gasteiger partial charge < -0.3 is 10.2 Å². The Kier molecular flexibility index (Phi) is 10.4. The van der Waals surface area contributed by atoms with Gasteiger partial charge in [0.2, 0.25) is 0 Å². The number of carboxylic acid groups (broad SMARTS) is 1. The van der Waals surface area contributed by atoms with Crippen LogP contribution in [-0.4, -0.2) is 21.8 Å². The summed E-state index contributed by atoms with van der Waals surface area (Å²) in [5, 5.41) is 19.2. The van der Waals surface area contributed by atoms with Crippen molar-refractivity contribution in [1.82, 2.24) is 0 Å². The minimum atomic E-state index is -0.748. The third-order valence-electron chi connectivity index (χ3n) is 4.11. The van der Waals surface area contributed by atoms with E-state index in [4.69, 9.17) is 5.11 Å². The van der Waals surface area contributed by atoms with Crippen molar-refractivity contribution in [1.29, 1.82) is 0 Å². The van der Waals surface area contributed by atoms with E-state index in [1.807, 2.05) is 6.92 Å². The molecule has 2 atom stereocenters. The fourth-order valence-corrected chi connectivity index (χ4v) is 2.44. The third kappa shape index (κ3) is 11.5. The fourth-order valence-electron chi connectivity index (χ4n) is 2.44. The molecule has 0 aromatic rings. The number of hydrogen-bond donors (Lipinski definition) is 2. The number of aliphatic carboxylic acids is 1. The number of carbonyl (C=O) groups is 1. The van der Waals surface area contributed by atoms with Crippen molar-refractivity contribution in [3.63, 3.8) is 0 Å². The van der Waals surface area contributed by atoms with Gasteiger partial charge in [-0.25, -0.2) is 0 Å². The summed E-state index contributed by atoms with van der Waals surface area (Å²) in [4.78, 5) is 10.7. The highest BCUT2D eigenvalue weighted by Crippen LogP contribution is 2.23. The largest absolute Gasteiger partial charge is 0.481 e. The van der Waals surface area contributed by atoms with E-state index in [-0.39, 0.29) is 5.92 Å². The molecule has 0 saturated carbocycles. The molecule has 0 radical (unpaired) electrons. The number of rotatable bonds is 12. The second kappa shape index (κ2) is 10.8. The molecule has 3 heteroatoms. The summed E-state index contributed by atoms with van der Waals surface area (Å²) < 4.78 is 0. The lowest BCUT2D eigenvalue weighted by molar-refractivity contribution is -0.141. The molecular weight excluding hydrogens is 264 g/mol. The zero-order chi connectivity index (χ0) is 16.3. The molecule has 0 bridgehead atoms. The molecule has 0 heterocycles. The molecule has 2 N–H and O–H groups in total. The van der Waals surface area contributed by atoms with Gasteiger partial charge in [0.1, 0.15) is 0 Å². The Morgan fingerprint density at radius 3 is 2.43 bits per heavy atom. The average molecular weight is 298 g/mol. The first-order valence-corrected chi connectivity index (χ1v) is 8.39. The molecule has 2 unspecified atom stereocenters. The summed E-state index contributed by atoms with van der Waals surface area (Å²) in [5.74, 6) is -1.06. The van der Waals surface area contributed by atoms with E-state index >= 15 is 0 Å². The first-order valence-electron chi connectivity index (χ1n) is 8.39. The zero-order valence-corrected chi connectivity index (χ0v) is 14.3. The van der Waals surface area contributed by atoms with E-state index in [1.165, 1.54) is 18.4 Å². The average Bonchev–Trinajstić information content (AvgIpc) is 2.38. The Bertz CT molecular complexity index is 318. The number of carboxylic acids is 1. The van der Waals surface area contributed by atoms with Gasteiger partial charge in [0.25, 0.3) is 0 Å². The fraction of sp³-hybridized carbons (Fsp3) is 0.833. The van der Waals surface area contributed by atoms with Crippen LogP contribution >= 0.6 is 0 Å². The summed E-state index contributed by atoms with van der Waals surface area (Å²) in [7, 11) is 0. The van der Waals surface area contributed by atoms with Crippen LogP contribution < -0.4 is 0 Å². The summed E-state index contributed by atoms with van der Waals surface area (Å²) in [6.07, 6.45) is 10.9. The molecule has 0 aromatic carbocycles. The van der Waals surface area contributed by atoms with Crippen LogP contribution in [0.4, 0.5) is 0 Å². The Labute approximate surface area is 130 Å². The van der Waals surface area contributed by atoms with Gasteiger partial charge in [-0.1, -0.05) is 38.3 Å². The van der Waals surface area contributed by atoms with Crippen LogP contribution in [0.5, 0.6) is 0 Å². The van der Waals surface area contributed by atoms with Gasteiger partial charge in [0.05, 0.1) is 11.5 Å². The predicted octanol–water partition coefficient (Wildman–Crippen LogP) is 4.94. The molecule has 0 rings (SSSR count). The summed E-state index contributed by atoms with van der Waals surface area (Å²) in [5.41, 5.74) is 0.751. The van der Waals surface area contributed by atoms with E-state index in [0.717, 1.165) is 32.1 Å². The summed E-state index contributed by atoms with van der Waals surface area (Å²) in [6, 6.07) is 0. The van der Waals surface area contributed by atoms with Gasteiger partial charge >= 0.3 is 5.97 Å². The van der Waals surface area contributed by atoms with Crippen molar-refractivity contribution in [3.05, 3.63) is 11.6 Å². The Morgan fingerprint density at radius 1 is 1.24 bits per heavy atom. The number of hydrogen-bond acceptors (Lipinski definition) is 2. The van der Waals surface area contributed by atoms with Crippen LogP contribution in [0.3, 0.4) is 0 Å². The van der Waals surface area contributed by atoms with Crippen LogP contribution in [0.15, 0.2) is 11.6 Å². The number of unbranched alkanes of at least 4 members (excludes halogenated alkanes) is 2. The Hall–Kier alpha value is -0.830. The number of aliphatic hydroxyl groups is 1. The lowest BCUT2D eigenvalue weighted by atomic mass is 9.90. The van der Waals surface area contributed by atoms with E-state index in [9.17, 15) is 9.90 Å². The molecule has 0 aliphatic heterocycles. The maximum Gasteiger partial charge on any atom is 0.306 e. The minimum Gasteiger partial charge on any atom is -0.481 e. The van der Waals surface area contributed by atoms with Crippen LogP contribution in [0.1, 0.15) is 85.5 Å². The van der Waals surface area contributed by atoms with Crippen molar-refractivity contribution in [2.24, 2.45) is 5.92 Å². The van der Waals surface area contributed by atoms with Crippen molar-refractivity contribution in [2.75, 3.05) is 0 Å². The third-order valence-corrected chi connectivity index (χ3v) is 4.11. The predicted molar refractivity (Wildman–Crippen MR) is 88.4 cm³/mol. The summed E-state index contributed by atoms with van der Waals surface area (Å²) in [6.45, 7) is 7.96. The van der Waals surface area contributed by atoms with Gasteiger partial charge in [0.15, 0.2) is 0 Å². The van der Waals surface area contributed by atoms with Gasteiger partial charge in [-0.05, 0) is 58.8 Å². The van der Waals surface area contributed by atoms with Crippen LogP contribution in [0, 0.1) is 5.92 Å². The quantitative estimate of drug-likeness (QED) is 0.396. The maximum absolute atomic E-state index is 10.7. The van der Waals surface area contributed by atoms with E-state index in [0.29, 0.717) is 12.8 Å². The van der Waals surface area contributed by atoms with Crippen LogP contribution in [0.2, 0.25) is 0 Å². The van der Waals surface area contributed by atoms with E-state index in [1.54, 1.807) is 6.92 Å². The molecule has 0 aliphatic carbocycles.